The van der Waals surface area contributed by atoms with Gasteiger partial charge in [-0.25, -0.2) is 0 Å². The molecule has 1 heteroatoms. The van der Waals surface area contributed by atoms with Crippen molar-refractivity contribution in [2.45, 2.75) is 58.9 Å². The van der Waals surface area contributed by atoms with Crippen LogP contribution in [0.3, 0.4) is 0 Å². The highest BCUT2D eigenvalue weighted by atomic mass is 15.1. The van der Waals surface area contributed by atoms with E-state index in [1.165, 1.54) is 32.1 Å². The summed E-state index contributed by atoms with van der Waals surface area (Å²) in [5.74, 6) is 0.942. The lowest BCUT2D eigenvalue weighted by Crippen LogP contribution is -2.27. The second-order valence-corrected chi connectivity index (χ2v) is 4.46. The van der Waals surface area contributed by atoms with Crippen LogP contribution in [0.1, 0.15) is 52.9 Å². The molecule has 13 heavy (non-hydrogen) atoms. The van der Waals surface area contributed by atoms with Crippen molar-refractivity contribution in [3.8, 4) is 0 Å². The van der Waals surface area contributed by atoms with E-state index < -0.39 is 0 Å². The second kappa shape index (κ2) is 7.37. The summed E-state index contributed by atoms with van der Waals surface area (Å²) in [6, 6.07) is 0.738. The fraction of sp³-hybridized carbons (Fsp3) is 1.00. The number of unbranched alkanes of at least 4 members (excludes halogenated alkanes) is 1. The summed E-state index contributed by atoms with van der Waals surface area (Å²) in [6.07, 6.45) is 6.87. The lowest BCUT2D eigenvalue weighted by molar-refractivity contribution is 0.249. The van der Waals surface area contributed by atoms with Crippen molar-refractivity contribution in [3.05, 3.63) is 0 Å². The van der Waals surface area contributed by atoms with E-state index in [2.05, 4.69) is 39.8 Å². The van der Waals surface area contributed by atoms with Crippen LogP contribution in [0.2, 0.25) is 0 Å². The van der Waals surface area contributed by atoms with E-state index in [-0.39, 0.29) is 0 Å². The first-order valence-electron chi connectivity index (χ1n) is 5.78. The number of nitrogens with zero attached hydrogens (tertiary/aromatic N) is 1. The Morgan fingerprint density at radius 2 is 1.77 bits per heavy atom. The maximum Gasteiger partial charge on any atom is 0.00634 e. The summed E-state index contributed by atoms with van der Waals surface area (Å²) in [5.41, 5.74) is 0. The molecule has 0 spiro atoms. The van der Waals surface area contributed by atoms with Crippen LogP contribution in [0.25, 0.3) is 0 Å². The largest absolute Gasteiger partial charge is 0.307 e. The van der Waals surface area contributed by atoms with Gasteiger partial charge in [0.2, 0.25) is 0 Å². The van der Waals surface area contributed by atoms with E-state index >= 15 is 0 Å². The molecule has 0 saturated heterocycles. The molecule has 0 aromatic rings. The molecule has 0 aromatic carbocycles. The van der Waals surface area contributed by atoms with Crippen LogP contribution in [0, 0.1) is 5.92 Å². The third-order valence-corrected chi connectivity index (χ3v) is 3.10. The Kier molecular flexibility index (Phi) is 7.35. The molecule has 0 amide bonds. The zero-order valence-electron chi connectivity index (χ0n) is 10.1. The van der Waals surface area contributed by atoms with Gasteiger partial charge < -0.3 is 4.90 Å². The summed E-state index contributed by atoms with van der Waals surface area (Å²) in [6.45, 7) is 6.93. The smallest absolute Gasteiger partial charge is 0.00634 e. The van der Waals surface area contributed by atoms with Gasteiger partial charge in [-0.05, 0) is 33.4 Å². The molecule has 0 fully saturated rings. The summed E-state index contributed by atoms with van der Waals surface area (Å²) in [4.78, 5) is 2.33. The Morgan fingerprint density at radius 3 is 2.15 bits per heavy atom. The molecule has 0 aliphatic heterocycles. The van der Waals surface area contributed by atoms with Gasteiger partial charge in [-0.15, -0.1) is 0 Å². The molecule has 0 rings (SSSR count). The van der Waals surface area contributed by atoms with E-state index in [0.717, 1.165) is 12.0 Å². The van der Waals surface area contributed by atoms with Crippen molar-refractivity contribution in [3.63, 3.8) is 0 Å². The van der Waals surface area contributed by atoms with Crippen LogP contribution in [-0.4, -0.2) is 25.0 Å². The Bertz CT molecular complexity index is 110. The van der Waals surface area contributed by atoms with Crippen molar-refractivity contribution in [1.29, 1.82) is 0 Å². The fourth-order valence-electron chi connectivity index (χ4n) is 1.67. The van der Waals surface area contributed by atoms with E-state index in [1.54, 1.807) is 0 Å². The highest BCUT2D eigenvalue weighted by molar-refractivity contribution is 4.66. The van der Waals surface area contributed by atoms with Crippen LogP contribution in [0.15, 0.2) is 0 Å². The lowest BCUT2D eigenvalue weighted by atomic mass is 9.92. The minimum absolute atomic E-state index is 0.738. The van der Waals surface area contributed by atoms with Gasteiger partial charge in [-0.2, -0.15) is 0 Å². The first-order chi connectivity index (χ1) is 6.11. The molecule has 0 heterocycles. The van der Waals surface area contributed by atoms with Gasteiger partial charge in [-0.3, -0.25) is 0 Å². The van der Waals surface area contributed by atoms with Gasteiger partial charge in [0, 0.05) is 6.04 Å². The van der Waals surface area contributed by atoms with Gasteiger partial charge in [0.25, 0.3) is 0 Å². The number of hydrogen-bond acceptors (Lipinski definition) is 1. The van der Waals surface area contributed by atoms with Gasteiger partial charge >= 0.3 is 0 Å². The van der Waals surface area contributed by atoms with Crippen molar-refractivity contribution >= 4 is 0 Å². The average Bonchev–Trinajstić information content (AvgIpc) is 2.11. The van der Waals surface area contributed by atoms with Gasteiger partial charge in [0.05, 0.1) is 0 Å². The summed E-state index contributed by atoms with van der Waals surface area (Å²) in [7, 11) is 4.36. The predicted octanol–water partition coefficient (Wildman–Crippen LogP) is 3.54. The van der Waals surface area contributed by atoms with Crippen molar-refractivity contribution in [2.75, 3.05) is 14.1 Å². The quantitative estimate of drug-likeness (QED) is 0.586. The molecule has 1 nitrogen and oxygen atoms in total. The Labute approximate surface area is 84.5 Å². The highest BCUT2D eigenvalue weighted by Gasteiger charge is 2.12. The molecule has 0 aromatic heterocycles. The number of hydrogen-bond donors (Lipinski definition) is 0. The first-order valence-corrected chi connectivity index (χ1v) is 5.78. The SMILES string of the molecule is CCCCC(CC)CC(C)N(C)C. The lowest BCUT2D eigenvalue weighted by Gasteiger charge is -2.24. The monoisotopic (exact) mass is 185 g/mol. The second-order valence-electron chi connectivity index (χ2n) is 4.46. The van der Waals surface area contributed by atoms with Crippen molar-refractivity contribution < 1.29 is 0 Å². The van der Waals surface area contributed by atoms with Crippen LogP contribution in [0.5, 0.6) is 0 Å². The maximum absolute atomic E-state index is 2.33. The molecule has 2 unspecified atom stereocenters. The standard InChI is InChI=1S/C12H27N/c1-6-8-9-12(7-2)10-11(3)13(4)5/h11-12H,6-10H2,1-5H3. The predicted molar refractivity (Wildman–Crippen MR) is 61.1 cm³/mol. The third kappa shape index (κ3) is 6.09. The summed E-state index contributed by atoms with van der Waals surface area (Å²) >= 11 is 0. The fourth-order valence-corrected chi connectivity index (χ4v) is 1.67. The molecule has 0 aliphatic rings. The molecule has 80 valence electrons. The average molecular weight is 185 g/mol. The normalized spacial score (nSPS) is 16.2. The van der Waals surface area contributed by atoms with E-state index in [0.29, 0.717) is 0 Å². The molecular weight excluding hydrogens is 158 g/mol. The molecule has 0 radical (unpaired) electrons. The molecular formula is C12H27N. The topological polar surface area (TPSA) is 3.24 Å². The van der Waals surface area contributed by atoms with Crippen LogP contribution in [0.4, 0.5) is 0 Å². The van der Waals surface area contributed by atoms with Crippen LogP contribution < -0.4 is 0 Å². The van der Waals surface area contributed by atoms with Crippen molar-refractivity contribution in [2.24, 2.45) is 5.92 Å². The molecule has 0 aliphatic carbocycles. The minimum atomic E-state index is 0.738. The maximum atomic E-state index is 2.33. The summed E-state index contributed by atoms with van der Waals surface area (Å²) in [5, 5.41) is 0. The van der Waals surface area contributed by atoms with E-state index in [9.17, 15) is 0 Å². The van der Waals surface area contributed by atoms with Gasteiger partial charge in [0.15, 0.2) is 0 Å². The van der Waals surface area contributed by atoms with Gasteiger partial charge in [0.1, 0.15) is 0 Å². The van der Waals surface area contributed by atoms with Crippen LogP contribution in [-0.2, 0) is 0 Å². The number of rotatable bonds is 7. The van der Waals surface area contributed by atoms with Crippen LogP contribution >= 0.6 is 0 Å². The van der Waals surface area contributed by atoms with E-state index in [4.69, 9.17) is 0 Å². The Hall–Kier alpha value is -0.0400. The molecule has 2 atom stereocenters. The van der Waals surface area contributed by atoms with Gasteiger partial charge in [-0.1, -0.05) is 39.5 Å². The molecule has 0 bridgehead atoms. The molecule has 0 N–H and O–H groups in total. The van der Waals surface area contributed by atoms with Crippen molar-refractivity contribution in [1.82, 2.24) is 4.90 Å². The van der Waals surface area contributed by atoms with E-state index in [1.807, 2.05) is 0 Å². The molecule has 0 saturated carbocycles. The zero-order valence-corrected chi connectivity index (χ0v) is 10.1. The minimum Gasteiger partial charge on any atom is -0.307 e. The third-order valence-electron chi connectivity index (χ3n) is 3.10. The zero-order chi connectivity index (χ0) is 10.3. The summed E-state index contributed by atoms with van der Waals surface area (Å²) < 4.78 is 0. The Balaban J connectivity index is 3.69. The Morgan fingerprint density at radius 1 is 1.15 bits per heavy atom. The first kappa shape index (κ1) is 13.0. The highest BCUT2D eigenvalue weighted by Crippen LogP contribution is 2.19.